The van der Waals surface area contributed by atoms with Crippen molar-refractivity contribution in [3.8, 4) is 0 Å². The van der Waals surface area contributed by atoms with Crippen molar-refractivity contribution in [2.75, 3.05) is 7.05 Å². The van der Waals surface area contributed by atoms with E-state index < -0.39 is 10.0 Å². The van der Waals surface area contributed by atoms with E-state index in [1.54, 1.807) is 30.5 Å². The fraction of sp³-hybridized carbons (Fsp3) is 0.333. The van der Waals surface area contributed by atoms with Crippen LogP contribution < -0.4 is 0 Å². The minimum Gasteiger partial charge on any atom is -0.207 e. The normalized spacial score (nSPS) is 13.5. The predicted molar refractivity (Wildman–Crippen MR) is 91.5 cm³/mol. The average Bonchev–Trinajstić information content (AvgIpc) is 2.99. The van der Waals surface area contributed by atoms with E-state index in [-0.39, 0.29) is 6.04 Å². The first kappa shape index (κ1) is 16.7. The molecule has 0 fully saturated rings. The van der Waals surface area contributed by atoms with Gasteiger partial charge in [-0.3, -0.25) is 0 Å². The topological polar surface area (TPSA) is 37.4 Å². The van der Waals surface area contributed by atoms with E-state index in [0.717, 1.165) is 17.3 Å². The zero-order chi connectivity index (χ0) is 15.5. The first-order valence-corrected chi connectivity index (χ1v) is 10.0. The Morgan fingerprint density at radius 2 is 1.90 bits per heavy atom. The molecule has 6 heteroatoms. The van der Waals surface area contributed by atoms with Gasteiger partial charge in [0.15, 0.2) is 0 Å². The maximum absolute atomic E-state index is 12.6. The third-order valence-corrected chi connectivity index (χ3v) is 6.98. The Hall–Kier alpha value is -0.690. The van der Waals surface area contributed by atoms with Gasteiger partial charge in [-0.2, -0.15) is 4.31 Å². The van der Waals surface area contributed by atoms with Gasteiger partial charge in [-0.15, -0.1) is 11.3 Å². The molecule has 1 heterocycles. The smallest absolute Gasteiger partial charge is 0.207 e. The van der Waals surface area contributed by atoms with Crippen LogP contribution in [-0.4, -0.2) is 25.8 Å². The number of alkyl halides is 1. The molecule has 2 aromatic rings. The summed E-state index contributed by atoms with van der Waals surface area (Å²) in [6.07, 6.45) is 0.729. The molecule has 0 aliphatic heterocycles. The van der Waals surface area contributed by atoms with E-state index in [4.69, 9.17) is 0 Å². The second-order valence-corrected chi connectivity index (χ2v) is 8.52. The molecule has 0 amide bonds. The molecule has 3 nitrogen and oxygen atoms in total. The molecule has 114 valence electrons. The van der Waals surface area contributed by atoms with Gasteiger partial charge in [0.1, 0.15) is 0 Å². The van der Waals surface area contributed by atoms with Crippen LogP contribution in [0.15, 0.2) is 46.7 Å². The zero-order valence-electron chi connectivity index (χ0n) is 12.0. The number of likely N-dealkylation sites (N-methyl/N-ethyl adjacent to an activating group) is 1. The van der Waals surface area contributed by atoms with Gasteiger partial charge >= 0.3 is 0 Å². The van der Waals surface area contributed by atoms with Gasteiger partial charge in [0.2, 0.25) is 10.0 Å². The van der Waals surface area contributed by atoms with Gasteiger partial charge in [0.05, 0.1) is 4.90 Å². The van der Waals surface area contributed by atoms with Crippen molar-refractivity contribution in [2.24, 2.45) is 0 Å². The van der Waals surface area contributed by atoms with Crippen molar-refractivity contribution in [1.29, 1.82) is 0 Å². The molecule has 0 bridgehead atoms. The highest BCUT2D eigenvalue weighted by Gasteiger charge is 2.25. The molecule has 2 rings (SSSR count). The van der Waals surface area contributed by atoms with Crippen LogP contribution in [0.4, 0.5) is 0 Å². The summed E-state index contributed by atoms with van der Waals surface area (Å²) in [6, 6.07) is 10.9. The first-order valence-electron chi connectivity index (χ1n) is 6.60. The summed E-state index contributed by atoms with van der Waals surface area (Å²) in [5.74, 6) is 0. The number of hydrogen-bond donors (Lipinski definition) is 0. The Morgan fingerprint density at radius 1 is 1.24 bits per heavy atom. The molecular weight excluding hydrogens is 370 g/mol. The zero-order valence-corrected chi connectivity index (χ0v) is 15.2. The molecule has 0 N–H and O–H groups in total. The lowest BCUT2D eigenvalue weighted by molar-refractivity contribution is 0.388. The number of nitrogens with zero attached hydrogens (tertiary/aromatic N) is 1. The molecule has 21 heavy (non-hydrogen) atoms. The third kappa shape index (κ3) is 3.94. The molecule has 1 aromatic heterocycles. The second kappa shape index (κ2) is 7.05. The van der Waals surface area contributed by atoms with E-state index in [1.807, 2.05) is 36.6 Å². The first-order chi connectivity index (χ1) is 9.95. The lowest BCUT2D eigenvalue weighted by Gasteiger charge is -2.24. The molecule has 1 atom stereocenters. The van der Waals surface area contributed by atoms with Crippen molar-refractivity contribution in [1.82, 2.24) is 4.31 Å². The minimum atomic E-state index is -3.44. The van der Waals surface area contributed by atoms with E-state index in [0.29, 0.717) is 4.90 Å². The molecule has 1 unspecified atom stereocenters. The average molecular weight is 388 g/mol. The maximum atomic E-state index is 12.6. The molecule has 1 aromatic carbocycles. The Labute approximate surface area is 138 Å². The Kier molecular flexibility index (Phi) is 5.60. The number of rotatable bonds is 6. The largest absolute Gasteiger partial charge is 0.243 e. The fourth-order valence-electron chi connectivity index (χ4n) is 2.00. The number of halogens is 1. The molecule has 0 radical (unpaired) electrons. The van der Waals surface area contributed by atoms with Gasteiger partial charge in [-0.25, -0.2) is 8.42 Å². The lowest BCUT2D eigenvalue weighted by atomic mass is 10.2. The van der Waals surface area contributed by atoms with E-state index in [2.05, 4.69) is 15.9 Å². The van der Waals surface area contributed by atoms with Gasteiger partial charge in [0, 0.05) is 23.3 Å². The second-order valence-electron chi connectivity index (χ2n) is 4.93. The van der Waals surface area contributed by atoms with Crippen LogP contribution in [0, 0.1) is 0 Å². The van der Waals surface area contributed by atoms with Crippen LogP contribution in [0.1, 0.15) is 17.4 Å². The van der Waals surface area contributed by atoms with E-state index in [9.17, 15) is 8.42 Å². The van der Waals surface area contributed by atoms with Crippen LogP contribution >= 0.6 is 27.3 Å². The summed E-state index contributed by atoms with van der Waals surface area (Å²) < 4.78 is 26.7. The minimum absolute atomic E-state index is 0.0792. The highest BCUT2D eigenvalue weighted by molar-refractivity contribution is 9.08. The summed E-state index contributed by atoms with van der Waals surface area (Å²) >= 11 is 5.01. The molecule has 0 spiro atoms. The van der Waals surface area contributed by atoms with Crippen molar-refractivity contribution >= 4 is 37.3 Å². The fourth-order valence-corrected chi connectivity index (χ4v) is 4.56. The summed E-state index contributed by atoms with van der Waals surface area (Å²) in [6.45, 7) is 1.93. The quantitative estimate of drug-likeness (QED) is 0.704. The van der Waals surface area contributed by atoms with Gasteiger partial charge in [-0.05, 0) is 42.5 Å². The van der Waals surface area contributed by atoms with Crippen LogP contribution in [0.3, 0.4) is 0 Å². The summed E-state index contributed by atoms with van der Waals surface area (Å²) in [7, 11) is -1.80. The summed E-state index contributed by atoms with van der Waals surface area (Å²) in [5, 5.41) is 2.73. The van der Waals surface area contributed by atoms with E-state index in [1.165, 1.54) is 9.18 Å². The van der Waals surface area contributed by atoms with Crippen molar-refractivity contribution in [3.05, 3.63) is 52.2 Å². The van der Waals surface area contributed by atoms with Crippen molar-refractivity contribution in [2.45, 2.75) is 29.6 Å². The van der Waals surface area contributed by atoms with Gasteiger partial charge < -0.3 is 0 Å². The highest BCUT2D eigenvalue weighted by Crippen LogP contribution is 2.21. The Morgan fingerprint density at radius 3 is 2.43 bits per heavy atom. The summed E-state index contributed by atoms with van der Waals surface area (Å²) in [5.41, 5.74) is 1.06. The molecule has 0 aliphatic carbocycles. The summed E-state index contributed by atoms with van der Waals surface area (Å²) in [4.78, 5) is 1.53. The van der Waals surface area contributed by atoms with Crippen LogP contribution in [0.2, 0.25) is 0 Å². The molecule has 0 saturated heterocycles. The van der Waals surface area contributed by atoms with Crippen molar-refractivity contribution in [3.63, 3.8) is 0 Å². The maximum Gasteiger partial charge on any atom is 0.243 e. The molecular formula is C15H18BrNO2S2. The number of thiophene rings is 1. The lowest BCUT2D eigenvalue weighted by Crippen LogP contribution is -2.36. The number of benzene rings is 1. The van der Waals surface area contributed by atoms with Crippen LogP contribution in [-0.2, 0) is 21.8 Å². The highest BCUT2D eigenvalue weighted by atomic mass is 79.9. The Balaban J connectivity index is 2.16. The Bertz CT molecular complexity index is 666. The predicted octanol–water partition coefficient (Wildman–Crippen LogP) is 3.89. The van der Waals surface area contributed by atoms with Gasteiger partial charge in [-0.1, -0.05) is 34.1 Å². The monoisotopic (exact) mass is 387 g/mol. The molecule has 0 saturated carbocycles. The van der Waals surface area contributed by atoms with Crippen molar-refractivity contribution < 1.29 is 8.42 Å². The number of hydrogen-bond acceptors (Lipinski definition) is 3. The van der Waals surface area contributed by atoms with E-state index >= 15 is 0 Å². The van der Waals surface area contributed by atoms with Gasteiger partial charge in [0.25, 0.3) is 0 Å². The SMILES string of the molecule is CC(Cc1cccs1)N(C)S(=O)(=O)c1ccc(CBr)cc1. The third-order valence-electron chi connectivity index (χ3n) is 3.45. The standard InChI is InChI=1S/C15H18BrNO2S2/c1-12(10-14-4-3-9-20-14)17(2)21(18,19)15-7-5-13(11-16)6-8-15/h3-9,12H,10-11H2,1-2H3. The molecule has 0 aliphatic rings. The van der Waals surface area contributed by atoms with Crippen LogP contribution in [0.5, 0.6) is 0 Å². The number of sulfonamides is 1. The van der Waals surface area contributed by atoms with Crippen LogP contribution in [0.25, 0.3) is 0 Å².